The number of hydrogen-bond donors (Lipinski definition) is 1. The molecule has 1 aromatic heterocycles. The molecular weight excluding hydrogens is 216 g/mol. The summed E-state index contributed by atoms with van der Waals surface area (Å²) in [4.78, 5) is 17.3. The number of rotatable bonds is 4. The summed E-state index contributed by atoms with van der Waals surface area (Å²) in [5, 5.41) is 8.97. The Hall–Kier alpha value is -1.58. The Morgan fingerprint density at radius 3 is 2.88 bits per heavy atom. The van der Waals surface area contributed by atoms with E-state index < -0.39 is 5.97 Å². The predicted molar refractivity (Wildman–Crippen MR) is 66.2 cm³/mol. The van der Waals surface area contributed by atoms with Gasteiger partial charge in [0, 0.05) is 31.2 Å². The average Bonchev–Trinajstić information content (AvgIpc) is 2.83. The molecule has 92 valence electrons. The standard InChI is InChI=1S/C13H18N2O2/c1-10(13(16)17)8-11-9-14-5-4-12(11)15-6-2-3-7-15/h4-5,9-10H,2-3,6-8H2,1H3,(H,16,17). The molecule has 4 heteroatoms. The molecule has 2 rings (SSSR count). The highest BCUT2D eigenvalue weighted by molar-refractivity contribution is 5.70. The van der Waals surface area contributed by atoms with Crippen molar-refractivity contribution in [2.45, 2.75) is 26.2 Å². The third-order valence-electron chi connectivity index (χ3n) is 3.27. The molecule has 0 saturated carbocycles. The fraction of sp³-hybridized carbons (Fsp3) is 0.538. The first-order valence-corrected chi connectivity index (χ1v) is 6.09. The first kappa shape index (κ1) is 11.9. The van der Waals surface area contributed by atoms with Crippen LogP contribution in [0.5, 0.6) is 0 Å². The van der Waals surface area contributed by atoms with Crippen molar-refractivity contribution >= 4 is 11.7 Å². The summed E-state index contributed by atoms with van der Waals surface area (Å²) in [6.45, 7) is 3.88. The molecule has 17 heavy (non-hydrogen) atoms. The lowest BCUT2D eigenvalue weighted by molar-refractivity contribution is -0.141. The molecule has 2 heterocycles. The Morgan fingerprint density at radius 2 is 2.24 bits per heavy atom. The number of carbonyl (C=O) groups is 1. The van der Waals surface area contributed by atoms with Gasteiger partial charge in [-0.15, -0.1) is 0 Å². The Kier molecular flexibility index (Phi) is 3.61. The van der Waals surface area contributed by atoms with Gasteiger partial charge in [0.1, 0.15) is 0 Å². The van der Waals surface area contributed by atoms with Gasteiger partial charge in [0.05, 0.1) is 5.92 Å². The summed E-state index contributed by atoms with van der Waals surface area (Å²) < 4.78 is 0. The Balaban J connectivity index is 2.18. The normalized spacial score (nSPS) is 17.1. The maximum Gasteiger partial charge on any atom is 0.306 e. The zero-order valence-corrected chi connectivity index (χ0v) is 10.1. The van der Waals surface area contributed by atoms with Crippen molar-refractivity contribution in [2.75, 3.05) is 18.0 Å². The second kappa shape index (κ2) is 5.17. The molecule has 1 aliphatic rings. The topological polar surface area (TPSA) is 53.4 Å². The van der Waals surface area contributed by atoms with Crippen LogP contribution in [0.15, 0.2) is 18.5 Å². The van der Waals surface area contributed by atoms with Crippen LogP contribution in [-0.2, 0) is 11.2 Å². The van der Waals surface area contributed by atoms with E-state index in [1.54, 1.807) is 19.3 Å². The molecule has 1 N–H and O–H groups in total. The summed E-state index contributed by atoms with van der Waals surface area (Å²) in [7, 11) is 0. The van der Waals surface area contributed by atoms with Crippen molar-refractivity contribution in [1.82, 2.24) is 4.98 Å². The molecule has 0 bridgehead atoms. The lowest BCUT2D eigenvalue weighted by Crippen LogP contribution is -2.21. The third kappa shape index (κ3) is 2.75. The number of carboxylic acid groups (broad SMARTS) is 1. The number of hydrogen-bond acceptors (Lipinski definition) is 3. The van der Waals surface area contributed by atoms with E-state index >= 15 is 0 Å². The van der Waals surface area contributed by atoms with Crippen molar-refractivity contribution in [2.24, 2.45) is 5.92 Å². The van der Waals surface area contributed by atoms with Crippen LogP contribution in [0.3, 0.4) is 0 Å². The lowest BCUT2D eigenvalue weighted by atomic mass is 10.0. The van der Waals surface area contributed by atoms with E-state index in [2.05, 4.69) is 9.88 Å². The van der Waals surface area contributed by atoms with E-state index in [9.17, 15) is 4.79 Å². The second-order valence-corrected chi connectivity index (χ2v) is 4.64. The largest absolute Gasteiger partial charge is 0.481 e. The molecule has 1 atom stereocenters. The molecule has 0 aromatic carbocycles. The van der Waals surface area contributed by atoms with Crippen LogP contribution in [0.4, 0.5) is 5.69 Å². The summed E-state index contributed by atoms with van der Waals surface area (Å²) in [5.41, 5.74) is 2.20. The number of carboxylic acids is 1. The van der Waals surface area contributed by atoms with E-state index in [0.717, 1.165) is 24.3 Å². The van der Waals surface area contributed by atoms with Gasteiger partial charge in [0.25, 0.3) is 0 Å². The molecule has 4 nitrogen and oxygen atoms in total. The second-order valence-electron chi connectivity index (χ2n) is 4.64. The van der Waals surface area contributed by atoms with Gasteiger partial charge in [0.15, 0.2) is 0 Å². The number of aromatic nitrogens is 1. The average molecular weight is 234 g/mol. The first-order chi connectivity index (χ1) is 8.18. The minimum Gasteiger partial charge on any atom is -0.481 e. The van der Waals surface area contributed by atoms with Crippen LogP contribution in [0, 0.1) is 5.92 Å². The molecule has 1 aromatic rings. The summed E-state index contributed by atoms with van der Waals surface area (Å²) in [6, 6.07) is 2.00. The van der Waals surface area contributed by atoms with Gasteiger partial charge in [-0.25, -0.2) is 0 Å². The SMILES string of the molecule is CC(Cc1cnccc1N1CCCC1)C(=O)O. The first-order valence-electron chi connectivity index (χ1n) is 6.09. The van der Waals surface area contributed by atoms with Crippen LogP contribution >= 0.6 is 0 Å². The van der Waals surface area contributed by atoms with Gasteiger partial charge in [-0.1, -0.05) is 6.92 Å². The zero-order chi connectivity index (χ0) is 12.3. The number of aliphatic carboxylic acids is 1. The lowest BCUT2D eigenvalue weighted by Gasteiger charge is -2.21. The Labute approximate surface area is 101 Å². The highest BCUT2D eigenvalue weighted by Gasteiger charge is 2.19. The maximum atomic E-state index is 10.9. The summed E-state index contributed by atoms with van der Waals surface area (Å²) in [6.07, 6.45) is 6.57. The van der Waals surface area contributed by atoms with Gasteiger partial charge in [-0.3, -0.25) is 9.78 Å². The van der Waals surface area contributed by atoms with Gasteiger partial charge in [-0.05, 0) is 30.9 Å². The highest BCUT2D eigenvalue weighted by Crippen LogP contribution is 2.25. The van der Waals surface area contributed by atoms with Crippen molar-refractivity contribution in [3.63, 3.8) is 0 Å². The van der Waals surface area contributed by atoms with Gasteiger partial charge in [0.2, 0.25) is 0 Å². The van der Waals surface area contributed by atoms with Gasteiger partial charge >= 0.3 is 5.97 Å². The van der Waals surface area contributed by atoms with E-state index in [1.807, 2.05) is 6.07 Å². The third-order valence-corrected chi connectivity index (χ3v) is 3.27. The minimum atomic E-state index is -0.749. The van der Waals surface area contributed by atoms with Gasteiger partial charge in [-0.2, -0.15) is 0 Å². The summed E-state index contributed by atoms with van der Waals surface area (Å²) in [5.74, 6) is -1.11. The fourth-order valence-corrected chi connectivity index (χ4v) is 2.26. The molecule has 0 amide bonds. The van der Waals surface area contributed by atoms with Crippen LogP contribution < -0.4 is 4.90 Å². The smallest absolute Gasteiger partial charge is 0.306 e. The maximum absolute atomic E-state index is 10.9. The number of nitrogens with zero attached hydrogens (tertiary/aromatic N) is 2. The van der Waals surface area contributed by atoms with E-state index in [-0.39, 0.29) is 5.92 Å². The van der Waals surface area contributed by atoms with Crippen LogP contribution in [0.1, 0.15) is 25.3 Å². The van der Waals surface area contributed by atoms with Gasteiger partial charge < -0.3 is 10.0 Å². The predicted octanol–water partition coefficient (Wildman–Crippen LogP) is 1.95. The number of pyridine rings is 1. The van der Waals surface area contributed by atoms with Crippen LogP contribution in [0.25, 0.3) is 0 Å². The monoisotopic (exact) mass is 234 g/mol. The Bertz CT molecular complexity index is 400. The van der Waals surface area contributed by atoms with Crippen molar-refractivity contribution in [1.29, 1.82) is 0 Å². The number of anilines is 1. The quantitative estimate of drug-likeness (QED) is 0.865. The minimum absolute atomic E-state index is 0.361. The molecule has 1 fully saturated rings. The molecule has 1 saturated heterocycles. The highest BCUT2D eigenvalue weighted by atomic mass is 16.4. The molecule has 1 unspecified atom stereocenters. The zero-order valence-electron chi connectivity index (χ0n) is 10.1. The molecule has 0 radical (unpaired) electrons. The molecule has 0 aliphatic carbocycles. The van der Waals surface area contributed by atoms with Crippen molar-refractivity contribution in [3.05, 3.63) is 24.0 Å². The molecule has 0 spiro atoms. The Morgan fingerprint density at radius 1 is 1.53 bits per heavy atom. The molecular formula is C13H18N2O2. The summed E-state index contributed by atoms with van der Waals surface area (Å²) >= 11 is 0. The van der Waals surface area contributed by atoms with Crippen LogP contribution in [0.2, 0.25) is 0 Å². The van der Waals surface area contributed by atoms with Crippen molar-refractivity contribution in [3.8, 4) is 0 Å². The fourth-order valence-electron chi connectivity index (χ4n) is 2.26. The van der Waals surface area contributed by atoms with E-state index in [0.29, 0.717) is 6.42 Å². The van der Waals surface area contributed by atoms with E-state index in [4.69, 9.17) is 5.11 Å². The van der Waals surface area contributed by atoms with Crippen molar-refractivity contribution < 1.29 is 9.90 Å². The molecule has 1 aliphatic heterocycles. The van der Waals surface area contributed by atoms with E-state index in [1.165, 1.54) is 12.8 Å². The van der Waals surface area contributed by atoms with Crippen LogP contribution in [-0.4, -0.2) is 29.1 Å².